The molecule has 0 N–H and O–H groups in total. The van der Waals surface area contributed by atoms with Crippen LogP contribution in [-0.4, -0.2) is 13.1 Å². The minimum absolute atomic E-state index is 0.0326. The number of fused-ring (bicyclic) bond motifs is 4. The van der Waals surface area contributed by atoms with Gasteiger partial charge in [-0.15, -0.1) is 0 Å². The first kappa shape index (κ1) is 19.4. The summed E-state index contributed by atoms with van der Waals surface area (Å²) in [5.74, 6) is 6.36. The molecule has 10 atom stereocenters. The Kier molecular flexibility index (Phi) is 4.33. The van der Waals surface area contributed by atoms with E-state index >= 15 is 0 Å². The molecule has 5 unspecified atom stereocenters. The Morgan fingerprint density at radius 2 is 1.89 bits per heavy atom. The zero-order valence-electron chi connectivity index (χ0n) is 18.9. The number of hydrogen-bond donors (Lipinski definition) is 0. The number of methoxy groups -OCH3 is 1. The van der Waals surface area contributed by atoms with Crippen molar-refractivity contribution in [2.45, 2.75) is 91.9 Å². The third-order valence-corrected chi connectivity index (χ3v) is 11.8. The first-order valence-corrected chi connectivity index (χ1v) is 12.3. The number of carbonyl (C=O) groups is 1. The van der Waals surface area contributed by atoms with Crippen LogP contribution in [0.25, 0.3) is 0 Å². The first-order valence-electron chi connectivity index (χ1n) is 12.3. The molecule has 2 nitrogen and oxygen atoms in total. The van der Waals surface area contributed by atoms with Gasteiger partial charge in [-0.3, -0.25) is 4.79 Å². The van der Waals surface area contributed by atoms with E-state index in [0.717, 1.165) is 47.3 Å². The lowest BCUT2D eigenvalue weighted by Gasteiger charge is -2.61. The second kappa shape index (κ2) is 6.24. The standard InChI is InChI=1S/C26H42O2/c1-16(6-9-23(27)28-5)20-7-8-21-19-14-17(2)26-15-18(26)10-13-25(26,4)22(19)11-12-24(20,21)3/h16-22H,6-15H2,1-5H3/t16-,17-,18-,19?,20?,21?,22?,24-,25-,26?/m1/s1. The first-order chi connectivity index (χ1) is 13.3. The van der Waals surface area contributed by atoms with E-state index in [1.807, 2.05) is 0 Å². The highest BCUT2D eigenvalue weighted by atomic mass is 16.5. The van der Waals surface area contributed by atoms with Crippen LogP contribution >= 0.6 is 0 Å². The number of ether oxygens (including phenoxy) is 1. The molecular weight excluding hydrogens is 344 g/mol. The van der Waals surface area contributed by atoms with Crippen molar-refractivity contribution in [1.82, 2.24) is 0 Å². The van der Waals surface area contributed by atoms with Crippen molar-refractivity contribution in [1.29, 1.82) is 0 Å². The molecular formula is C26H42O2. The molecule has 0 saturated heterocycles. The van der Waals surface area contributed by atoms with Crippen molar-refractivity contribution >= 4 is 5.97 Å². The summed E-state index contributed by atoms with van der Waals surface area (Å²) in [6.07, 6.45) is 13.5. The van der Waals surface area contributed by atoms with E-state index in [2.05, 4.69) is 27.7 Å². The van der Waals surface area contributed by atoms with E-state index in [9.17, 15) is 4.79 Å². The highest BCUT2D eigenvalue weighted by molar-refractivity contribution is 5.69. The normalized spacial score (nSPS) is 54.9. The Morgan fingerprint density at radius 3 is 2.61 bits per heavy atom. The fourth-order valence-corrected chi connectivity index (χ4v) is 10.5. The van der Waals surface area contributed by atoms with Gasteiger partial charge in [0.1, 0.15) is 0 Å². The van der Waals surface area contributed by atoms with E-state index in [4.69, 9.17) is 4.74 Å². The van der Waals surface area contributed by atoms with Crippen molar-refractivity contribution in [3.05, 3.63) is 0 Å². The molecule has 5 rings (SSSR count). The molecule has 0 bridgehead atoms. The predicted molar refractivity (Wildman–Crippen MR) is 113 cm³/mol. The van der Waals surface area contributed by atoms with Gasteiger partial charge in [-0.1, -0.05) is 27.7 Å². The third kappa shape index (κ3) is 2.30. The van der Waals surface area contributed by atoms with E-state index < -0.39 is 0 Å². The summed E-state index contributed by atoms with van der Waals surface area (Å²) >= 11 is 0. The molecule has 0 amide bonds. The minimum atomic E-state index is -0.0326. The van der Waals surface area contributed by atoms with Gasteiger partial charge in [0.15, 0.2) is 0 Å². The number of carbonyl (C=O) groups excluding carboxylic acids is 1. The molecule has 28 heavy (non-hydrogen) atoms. The third-order valence-electron chi connectivity index (χ3n) is 11.8. The number of rotatable bonds is 4. The van der Waals surface area contributed by atoms with Crippen molar-refractivity contribution in [3.63, 3.8) is 0 Å². The van der Waals surface area contributed by atoms with Crippen LogP contribution in [0.5, 0.6) is 0 Å². The van der Waals surface area contributed by atoms with Gasteiger partial charge in [-0.2, -0.15) is 0 Å². The number of hydrogen-bond acceptors (Lipinski definition) is 2. The Labute approximate surface area is 172 Å². The second-order valence-corrected chi connectivity index (χ2v) is 12.2. The van der Waals surface area contributed by atoms with Crippen LogP contribution in [0.15, 0.2) is 0 Å². The fourth-order valence-electron chi connectivity index (χ4n) is 10.5. The van der Waals surface area contributed by atoms with E-state index in [-0.39, 0.29) is 5.97 Å². The van der Waals surface area contributed by atoms with Gasteiger partial charge in [0.05, 0.1) is 7.11 Å². The van der Waals surface area contributed by atoms with Gasteiger partial charge in [0, 0.05) is 6.42 Å². The average Bonchev–Trinajstić information content (AvgIpc) is 3.20. The summed E-state index contributed by atoms with van der Waals surface area (Å²) in [5, 5.41) is 0. The van der Waals surface area contributed by atoms with Gasteiger partial charge in [-0.05, 0) is 115 Å². The van der Waals surface area contributed by atoms with Crippen LogP contribution in [-0.2, 0) is 9.53 Å². The molecule has 5 aliphatic rings. The molecule has 158 valence electrons. The molecule has 5 aliphatic carbocycles. The average molecular weight is 387 g/mol. The van der Waals surface area contributed by atoms with Crippen LogP contribution in [0.3, 0.4) is 0 Å². The van der Waals surface area contributed by atoms with Crippen molar-refractivity contribution in [3.8, 4) is 0 Å². The maximum Gasteiger partial charge on any atom is 0.305 e. The Morgan fingerprint density at radius 1 is 1.11 bits per heavy atom. The summed E-state index contributed by atoms with van der Waals surface area (Å²) in [6.45, 7) is 10.4. The van der Waals surface area contributed by atoms with Crippen molar-refractivity contribution in [2.24, 2.45) is 57.7 Å². The smallest absolute Gasteiger partial charge is 0.305 e. The van der Waals surface area contributed by atoms with Gasteiger partial charge in [-0.25, -0.2) is 0 Å². The second-order valence-electron chi connectivity index (χ2n) is 12.2. The van der Waals surface area contributed by atoms with Gasteiger partial charge < -0.3 is 4.74 Å². The summed E-state index contributed by atoms with van der Waals surface area (Å²) in [6, 6.07) is 0. The summed E-state index contributed by atoms with van der Waals surface area (Å²) in [5.41, 5.74) is 1.91. The number of esters is 1. The predicted octanol–water partition coefficient (Wildman–Crippen LogP) is 6.48. The molecule has 1 spiro atoms. The van der Waals surface area contributed by atoms with Crippen LogP contribution in [0.4, 0.5) is 0 Å². The Bertz CT molecular complexity index is 657. The molecule has 0 aromatic rings. The highest BCUT2D eigenvalue weighted by Crippen LogP contribution is 2.83. The van der Waals surface area contributed by atoms with E-state index in [0.29, 0.717) is 23.2 Å². The maximum atomic E-state index is 11.7. The lowest BCUT2D eigenvalue weighted by atomic mass is 9.44. The lowest BCUT2D eigenvalue weighted by Crippen LogP contribution is -2.54. The van der Waals surface area contributed by atoms with Crippen LogP contribution in [0, 0.1) is 57.7 Å². The zero-order chi connectivity index (χ0) is 19.9. The summed E-state index contributed by atoms with van der Waals surface area (Å²) in [4.78, 5) is 11.7. The molecule has 2 heteroatoms. The summed E-state index contributed by atoms with van der Waals surface area (Å²) < 4.78 is 4.90. The van der Waals surface area contributed by atoms with Gasteiger partial charge in [0.2, 0.25) is 0 Å². The Hall–Kier alpha value is -0.530. The van der Waals surface area contributed by atoms with Crippen molar-refractivity contribution < 1.29 is 9.53 Å². The zero-order valence-corrected chi connectivity index (χ0v) is 18.9. The quantitative estimate of drug-likeness (QED) is 0.517. The summed E-state index contributed by atoms with van der Waals surface area (Å²) in [7, 11) is 1.52. The molecule has 0 radical (unpaired) electrons. The van der Waals surface area contributed by atoms with E-state index in [1.165, 1.54) is 52.1 Å². The van der Waals surface area contributed by atoms with Gasteiger partial charge >= 0.3 is 5.97 Å². The maximum absolute atomic E-state index is 11.7. The topological polar surface area (TPSA) is 26.3 Å². The fraction of sp³-hybridized carbons (Fsp3) is 0.962. The van der Waals surface area contributed by atoms with Gasteiger partial charge in [0.25, 0.3) is 0 Å². The molecule has 5 saturated carbocycles. The molecule has 0 aromatic carbocycles. The molecule has 5 fully saturated rings. The van der Waals surface area contributed by atoms with Crippen LogP contribution in [0.2, 0.25) is 0 Å². The largest absolute Gasteiger partial charge is 0.469 e. The molecule has 0 aliphatic heterocycles. The van der Waals surface area contributed by atoms with Crippen LogP contribution in [0.1, 0.15) is 91.9 Å². The minimum Gasteiger partial charge on any atom is -0.469 e. The van der Waals surface area contributed by atoms with Crippen LogP contribution < -0.4 is 0 Å². The van der Waals surface area contributed by atoms with E-state index in [1.54, 1.807) is 6.42 Å². The molecule has 0 heterocycles. The highest BCUT2D eigenvalue weighted by Gasteiger charge is 2.76. The monoisotopic (exact) mass is 386 g/mol. The lowest BCUT2D eigenvalue weighted by molar-refractivity contribution is -0.141. The SMILES string of the molecule is COC(=O)CC[C@@H](C)C1CCC2C3C[C@@H](C)C45C[C@H]4CC[C@]5(C)C3CC[C@@]21C. The van der Waals surface area contributed by atoms with Crippen molar-refractivity contribution in [2.75, 3.05) is 7.11 Å². The molecule has 0 aromatic heterocycles. The Balaban J connectivity index is 1.36.